The van der Waals surface area contributed by atoms with Crippen LogP contribution in [0.1, 0.15) is 38.3 Å². The number of hydrogen-bond donors (Lipinski definition) is 2. The van der Waals surface area contributed by atoms with Crippen molar-refractivity contribution in [3.63, 3.8) is 0 Å². The van der Waals surface area contributed by atoms with E-state index in [4.69, 9.17) is 9.84 Å². The van der Waals surface area contributed by atoms with Gasteiger partial charge in [-0.1, -0.05) is 12.1 Å². The quantitative estimate of drug-likeness (QED) is 0.812. The van der Waals surface area contributed by atoms with Crippen molar-refractivity contribution in [3.05, 3.63) is 29.8 Å². The van der Waals surface area contributed by atoms with E-state index in [1.807, 2.05) is 38.1 Å². The predicted octanol–water partition coefficient (Wildman–Crippen LogP) is 2.56. The minimum absolute atomic E-state index is 0.0269. The minimum atomic E-state index is -0.108. The molecule has 21 heavy (non-hydrogen) atoms. The topological polar surface area (TPSA) is 61.8 Å². The van der Waals surface area contributed by atoms with E-state index in [-0.39, 0.29) is 24.7 Å². The van der Waals surface area contributed by atoms with Crippen molar-refractivity contribution >= 4 is 6.03 Å². The molecular weight excluding hydrogens is 268 g/mol. The first-order valence-electron chi connectivity index (χ1n) is 7.27. The molecule has 0 saturated carbocycles. The molecule has 0 aliphatic heterocycles. The Labute approximate surface area is 126 Å². The zero-order chi connectivity index (χ0) is 15.8. The molecule has 2 unspecified atom stereocenters. The summed E-state index contributed by atoms with van der Waals surface area (Å²) in [5.74, 6) is 0.802. The Bertz CT molecular complexity index is 434. The Morgan fingerprint density at radius 2 is 1.95 bits per heavy atom. The van der Waals surface area contributed by atoms with Gasteiger partial charge in [0.05, 0.1) is 13.2 Å². The van der Waals surface area contributed by atoms with E-state index in [9.17, 15) is 4.79 Å². The van der Waals surface area contributed by atoms with Gasteiger partial charge in [-0.15, -0.1) is 0 Å². The molecule has 1 rings (SSSR count). The van der Waals surface area contributed by atoms with Crippen molar-refractivity contribution in [2.24, 2.45) is 0 Å². The van der Waals surface area contributed by atoms with Crippen LogP contribution in [0.3, 0.4) is 0 Å². The third kappa shape index (κ3) is 5.27. The highest BCUT2D eigenvalue weighted by Crippen LogP contribution is 2.21. The molecule has 0 bridgehead atoms. The smallest absolute Gasteiger partial charge is 0.317 e. The zero-order valence-electron chi connectivity index (χ0n) is 13.3. The SMILES string of the molecule is COc1ccc(C(C)N(C)C(=O)NC(C)CCCO)cc1. The molecule has 1 aromatic rings. The first-order valence-corrected chi connectivity index (χ1v) is 7.27. The van der Waals surface area contributed by atoms with E-state index in [2.05, 4.69) is 5.32 Å². The van der Waals surface area contributed by atoms with Crippen LogP contribution in [0.5, 0.6) is 5.75 Å². The molecule has 0 aromatic heterocycles. The van der Waals surface area contributed by atoms with Crippen LogP contribution in [-0.2, 0) is 0 Å². The summed E-state index contributed by atoms with van der Waals surface area (Å²) in [5, 5.41) is 11.7. The first-order chi connectivity index (χ1) is 9.99. The molecule has 0 aliphatic rings. The summed E-state index contributed by atoms with van der Waals surface area (Å²) in [6.45, 7) is 4.08. The largest absolute Gasteiger partial charge is 0.497 e. The maximum atomic E-state index is 12.2. The summed E-state index contributed by atoms with van der Waals surface area (Å²) in [7, 11) is 3.41. The summed E-state index contributed by atoms with van der Waals surface area (Å²) in [6.07, 6.45) is 1.46. The van der Waals surface area contributed by atoms with Crippen LogP contribution in [0.15, 0.2) is 24.3 Å². The van der Waals surface area contributed by atoms with Crippen LogP contribution >= 0.6 is 0 Å². The van der Waals surface area contributed by atoms with Gasteiger partial charge in [0.15, 0.2) is 0 Å². The van der Waals surface area contributed by atoms with Gasteiger partial charge in [-0.25, -0.2) is 4.79 Å². The molecule has 0 aliphatic carbocycles. The van der Waals surface area contributed by atoms with E-state index in [0.29, 0.717) is 6.42 Å². The van der Waals surface area contributed by atoms with Crippen LogP contribution in [0.4, 0.5) is 4.79 Å². The summed E-state index contributed by atoms with van der Waals surface area (Å²) >= 11 is 0. The molecule has 2 atom stereocenters. The van der Waals surface area contributed by atoms with E-state index in [1.54, 1.807) is 19.1 Å². The Morgan fingerprint density at radius 1 is 1.33 bits per heavy atom. The number of aliphatic hydroxyl groups is 1. The number of benzene rings is 1. The van der Waals surface area contributed by atoms with Gasteiger partial charge in [-0.3, -0.25) is 0 Å². The predicted molar refractivity (Wildman–Crippen MR) is 83.5 cm³/mol. The van der Waals surface area contributed by atoms with Crippen LogP contribution in [0.2, 0.25) is 0 Å². The molecule has 2 N–H and O–H groups in total. The number of methoxy groups -OCH3 is 1. The lowest BCUT2D eigenvalue weighted by Gasteiger charge is -2.27. The van der Waals surface area contributed by atoms with Gasteiger partial charge in [-0.2, -0.15) is 0 Å². The summed E-state index contributed by atoms with van der Waals surface area (Å²) in [4.78, 5) is 13.9. The number of nitrogens with one attached hydrogen (secondary N) is 1. The van der Waals surface area contributed by atoms with Crippen molar-refractivity contribution in [2.45, 2.75) is 38.8 Å². The molecule has 0 spiro atoms. The third-order valence-corrected chi connectivity index (χ3v) is 3.66. The first kappa shape index (κ1) is 17.3. The fourth-order valence-corrected chi connectivity index (χ4v) is 2.06. The summed E-state index contributed by atoms with van der Waals surface area (Å²) in [5.41, 5.74) is 1.05. The highest BCUT2D eigenvalue weighted by molar-refractivity contribution is 5.74. The maximum absolute atomic E-state index is 12.2. The van der Waals surface area contributed by atoms with E-state index in [1.165, 1.54) is 0 Å². The number of hydrogen-bond acceptors (Lipinski definition) is 3. The highest BCUT2D eigenvalue weighted by atomic mass is 16.5. The molecule has 5 heteroatoms. The molecule has 0 saturated heterocycles. The number of ether oxygens (including phenoxy) is 1. The molecule has 0 fully saturated rings. The minimum Gasteiger partial charge on any atom is -0.497 e. The van der Waals surface area contributed by atoms with Crippen molar-refractivity contribution in [2.75, 3.05) is 20.8 Å². The molecule has 1 aromatic carbocycles. The molecule has 118 valence electrons. The van der Waals surface area contributed by atoms with Gasteiger partial charge < -0.3 is 20.1 Å². The number of carbonyl (C=O) groups excluding carboxylic acids is 1. The lowest BCUT2D eigenvalue weighted by atomic mass is 10.1. The van der Waals surface area contributed by atoms with Crippen molar-refractivity contribution in [1.82, 2.24) is 10.2 Å². The lowest BCUT2D eigenvalue weighted by Crippen LogP contribution is -2.43. The van der Waals surface area contributed by atoms with Crippen LogP contribution in [-0.4, -0.2) is 42.8 Å². The standard InChI is InChI=1S/C16H26N2O3/c1-12(6-5-11-19)17-16(20)18(3)13(2)14-7-9-15(21-4)10-8-14/h7-10,12-13,19H,5-6,11H2,1-4H3,(H,17,20). The fourth-order valence-electron chi connectivity index (χ4n) is 2.06. The second-order valence-corrected chi connectivity index (χ2v) is 5.28. The van der Waals surface area contributed by atoms with Crippen molar-refractivity contribution in [1.29, 1.82) is 0 Å². The Hall–Kier alpha value is -1.75. The zero-order valence-corrected chi connectivity index (χ0v) is 13.3. The average Bonchev–Trinajstić information content (AvgIpc) is 2.51. The van der Waals surface area contributed by atoms with Gasteiger partial charge in [0.1, 0.15) is 5.75 Å². The van der Waals surface area contributed by atoms with E-state index >= 15 is 0 Å². The number of urea groups is 1. The fraction of sp³-hybridized carbons (Fsp3) is 0.562. The van der Waals surface area contributed by atoms with Crippen LogP contribution in [0.25, 0.3) is 0 Å². The monoisotopic (exact) mass is 294 g/mol. The molecule has 0 heterocycles. The number of amides is 2. The Balaban J connectivity index is 2.59. The third-order valence-electron chi connectivity index (χ3n) is 3.66. The van der Waals surface area contributed by atoms with Crippen LogP contribution in [0, 0.1) is 0 Å². The van der Waals surface area contributed by atoms with Crippen molar-refractivity contribution < 1.29 is 14.6 Å². The van der Waals surface area contributed by atoms with Crippen molar-refractivity contribution in [3.8, 4) is 5.75 Å². The number of rotatable bonds is 7. The second-order valence-electron chi connectivity index (χ2n) is 5.28. The normalized spacial score (nSPS) is 13.4. The summed E-state index contributed by atoms with van der Waals surface area (Å²) < 4.78 is 5.13. The second kappa shape index (κ2) is 8.52. The Kier molecular flexibility index (Phi) is 7.02. The summed E-state index contributed by atoms with van der Waals surface area (Å²) in [6, 6.07) is 7.62. The van der Waals surface area contributed by atoms with Gasteiger partial charge in [0.2, 0.25) is 0 Å². The number of aliphatic hydroxyl groups excluding tert-OH is 1. The van der Waals surface area contributed by atoms with Gasteiger partial charge in [-0.05, 0) is 44.4 Å². The molecule has 5 nitrogen and oxygen atoms in total. The highest BCUT2D eigenvalue weighted by Gasteiger charge is 2.18. The van der Waals surface area contributed by atoms with E-state index in [0.717, 1.165) is 17.7 Å². The van der Waals surface area contributed by atoms with Gasteiger partial charge >= 0.3 is 6.03 Å². The maximum Gasteiger partial charge on any atom is 0.317 e. The number of carbonyl (C=O) groups is 1. The Morgan fingerprint density at radius 3 is 2.48 bits per heavy atom. The molecule has 2 amide bonds. The lowest BCUT2D eigenvalue weighted by molar-refractivity contribution is 0.189. The van der Waals surface area contributed by atoms with Crippen LogP contribution < -0.4 is 10.1 Å². The molecular formula is C16H26N2O3. The van der Waals surface area contributed by atoms with Gasteiger partial charge in [0, 0.05) is 19.7 Å². The molecule has 0 radical (unpaired) electrons. The average molecular weight is 294 g/mol. The van der Waals surface area contributed by atoms with E-state index < -0.39 is 0 Å². The number of nitrogens with zero attached hydrogens (tertiary/aromatic N) is 1. The van der Waals surface area contributed by atoms with Gasteiger partial charge in [0.25, 0.3) is 0 Å².